The maximum atomic E-state index is 12.2. The first-order valence-electron chi connectivity index (χ1n) is 7.44. The number of carbonyl (C=O) groups is 1. The molecule has 21 heavy (non-hydrogen) atoms. The molecule has 0 unspecified atom stereocenters. The maximum Gasteiger partial charge on any atom is 0.241 e. The van der Waals surface area contributed by atoms with E-state index < -0.39 is 0 Å². The predicted octanol–water partition coefficient (Wildman–Crippen LogP) is 4.03. The monoisotopic (exact) mass is 346 g/mol. The van der Waals surface area contributed by atoms with Gasteiger partial charge in [-0.25, -0.2) is 0 Å². The number of anilines is 1. The first kappa shape index (κ1) is 14.4. The molecule has 3 rings (SSSR count). The topological polar surface area (TPSA) is 32.3 Å². The number of benzene rings is 2. The van der Waals surface area contributed by atoms with Gasteiger partial charge in [0.1, 0.15) is 0 Å². The highest BCUT2D eigenvalue weighted by atomic mass is 79.9. The highest BCUT2D eigenvalue weighted by molar-refractivity contribution is 9.10. The van der Waals surface area contributed by atoms with Crippen LogP contribution < -0.4 is 5.32 Å². The molecule has 0 saturated carbocycles. The van der Waals surface area contributed by atoms with Gasteiger partial charge in [0.25, 0.3) is 0 Å². The molecule has 2 aromatic rings. The normalized spacial score (nSPS) is 15.2. The Labute approximate surface area is 133 Å². The summed E-state index contributed by atoms with van der Waals surface area (Å²) in [5.41, 5.74) is 1.01. The van der Waals surface area contributed by atoms with E-state index in [4.69, 9.17) is 0 Å². The Bertz CT molecular complexity index is 650. The van der Waals surface area contributed by atoms with E-state index in [0.29, 0.717) is 6.54 Å². The molecule has 1 heterocycles. The number of likely N-dealkylation sites (tertiary alicyclic amines) is 1. The number of carbonyl (C=O) groups excluding carboxylic acids is 1. The van der Waals surface area contributed by atoms with Gasteiger partial charge in [0, 0.05) is 28.6 Å². The number of piperidine rings is 1. The van der Waals surface area contributed by atoms with Crippen molar-refractivity contribution >= 4 is 38.3 Å². The highest BCUT2D eigenvalue weighted by Gasteiger charge is 2.16. The summed E-state index contributed by atoms with van der Waals surface area (Å²) < 4.78 is 1.08. The predicted molar refractivity (Wildman–Crippen MR) is 90.6 cm³/mol. The van der Waals surface area contributed by atoms with E-state index >= 15 is 0 Å². The molecule has 1 aliphatic rings. The van der Waals surface area contributed by atoms with Gasteiger partial charge in [0.15, 0.2) is 0 Å². The van der Waals surface area contributed by atoms with Crippen LogP contribution in [0.25, 0.3) is 10.8 Å². The average molecular weight is 347 g/mol. The van der Waals surface area contributed by atoms with Crippen LogP contribution in [0.15, 0.2) is 40.9 Å². The van der Waals surface area contributed by atoms with E-state index in [9.17, 15) is 4.79 Å². The molecule has 1 aliphatic heterocycles. The summed E-state index contributed by atoms with van der Waals surface area (Å²) in [4.78, 5) is 14.2. The Hall–Kier alpha value is -1.55. The van der Waals surface area contributed by atoms with Crippen LogP contribution in [-0.4, -0.2) is 30.4 Å². The summed E-state index contributed by atoms with van der Waals surface area (Å²) in [5, 5.41) is 5.60. The van der Waals surface area contributed by atoms with E-state index in [1.807, 2.05) is 29.2 Å². The van der Waals surface area contributed by atoms with Gasteiger partial charge in [-0.1, -0.05) is 40.2 Å². The van der Waals surface area contributed by atoms with Crippen molar-refractivity contribution in [1.29, 1.82) is 0 Å². The fraction of sp³-hybridized carbons (Fsp3) is 0.353. The summed E-state index contributed by atoms with van der Waals surface area (Å²) in [6, 6.07) is 12.2. The molecule has 0 aromatic heterocycles. The van der Waals surface area contributed by atoms with Crippen LogP contribution in [0.1, 0.15) is 19.3 Å². The summed E-state index contributed by atoms with van der Waals surface area (Å²) in [6.07, 6.45) is 3.51. The number of hydrogen-bond donors (Lipinski definition) is 1. The van der Waals surface area contributed by atoms with Crippen molar-refractivity contribution in [2.45, 2.75) is 19.3 Å². The molecule has 4 heteroatoms. The number of nitrogens with one attached hydrogen (secondary N) is 1. The first-order chi connectivity index (χ1) is 10.3. The Morgan fingerprint density at radius 1 is 1.05 bits per heavy atom. The van der Waals surface area contributed by atoms with E-state index in [1.54, 1.807) is 0 Å². The van der Waals surface area contributed by atoms with Crippen molar-refractivity contribution in [2.24, 2.45) is 0 Å². The third-order valence-corrected chi connectivity index (χ3v) is 4.70. The maximum absolute atomic E-state index is 12.2. The zero-order chi connectivity index (χ0) is 14.7. The third-order valence-electron chi connectivity index (χ3n) is 4.01. The van der Waals surface area contributed by atoms with Gasteiger partial charge in [0.2, 0.25) is 5.91 Å². The molecule has 0 radical (unpaired) electrons. The summed E-state index contributed by atoms with van der Waals surface area (Å²) >= 11 is 3.57. The summed E-state index contributed by atoms with van der Waals surface area (Å²) in [7, 11) is 0. The molecule has 1 saturated heterocycles. The van der Waals surface area contributed by atoms with Gasteiger partial charge in [0.05, 0.1) is 6.54 Å². The van der Waals surface area contributed by atoms with Crippen molar-refractivity contribution in [3.8, 4) is 0 Å². The largest absolute Gasteiger partial charge is 0.376 e. The molecule has 0 atom stereocenters. The van der Waals surface area contributed by atoms with Crippen LogP contribution in [0.2, 0.25) is 0 Å². The zero-order valence-electron chi connectivity index (χ0n) is 11.9. The van der Waals surface area contributed by atoms with Gasteiger partial charge in [-0.3, -0.25) is 4.79 Å². The molecular weight excluding hydrogens is 328 g/mol. The van der Waals surface area contributed by atoms with E-state index in [-0.39, 0.29) is 5.91 Å². The molecule has 110 valence electrons. The first-order valence-corrected chi connectivity index (χ1v) is 8.24. The van der Waals surface area contributed by atoms with E-state index in [0.717, 1.165) is 46.9 Å². The van der Waals surface area contributed by atoms with Crippen LogP contribution in [-0.2, 0) is 4.79 Å². The minimum Gasteiger partial charge on any atom is -0.376 e. The van der Waals surface area contributed by atoms with Gasteiger partial charge < -0.3 is 10.2 Å². The van der Waals surface area contributed by atoms with Crippen molar-refractivity contribution in [2.75, 3.05) is 25.0 Å². The van der Waals surface area contributed by atoms with Gasteiger partial charge in [-0.2, -0.15) is 0 Å². The Kier molecular flexibility index (Phi) is 4.44. The molecule has 0 spiro atoms. The van der Waals surface area contributed by atoms with Crippen LogP contribution >= 0.6 is 15.9 Å². The zero-order valence-corrected chi connectivity index (χ0v) is 13.5. The fourth-order valence-electron chi connectivity index (χ4n) is 2.84. The van der Waals surface area contributed by atoms with E-state index in [1.165, 1.54) is 6.42 Å². The van der Waals surface area contributed by atoms with Crippen molar-refractivity contribution in [1.82, 2.24) is 4.90 Å². The highest BCUT2D eigenvalue weighted by Crippen LogP contribution is 2.29. The van der Waals surface area contributed by atoms with E-state index in [2.05, 4.69) is 33.4 Å². The lowest BCUT2D eigenvalue weighted by Gasteiger charge is -2.27. The van der Waals surface area contributed by atoms with Crippen molar-refractivity contribution in [3.05, 3.63) is 40.9 Å². The molecule has 1 amide bonds. The molecule has 0 aliphatic carbocycles. The second-order valence-corrected chi connectivity index (χ2v) is 6.29. The lowest BCUT2D eigenvalue weighted by Crippen LogP contribution is -2.39. The Balaban J connectivity index is 1.73. The lowest BCUT2D eigenvalue weighted by molar-refractivity contribution is -0.130. The number of nitrogens with zero attached hydrogens (tertiary/aromatic N) is 1. The molecule has 1 N–H and O–H groups in total. The standard InChI is InChI=1S/C17H19BrN2O/c18-15-8-9-16(14-7-3-2-6-13(14)15)19-12-17(21)20-10-4-1-5-11-20/h2-3,6-9,19H,1,4-5,10-12H2. The molecule has 1 fully saturated rings. The number of rotatable bonds is 3. The fourth-order valence-corrected chi connectivity index (χ4v) is 3.32. The second kappa shape index (κ2) is 6.48. The number of hydrogen-bond acceptors (Lipinski definition) is 2. The minimum atomic E-state index is 0.196. The smallest absolute Gasteiger partial charge is 0.241 e. The van der Waals surface area contributed by atoms with Crippen LogP contribution in [0, 0.1) is 0 Å². The Morgan fingerprint density at radius 2 is 1.76 bits per heavy atom. The van der Waals surface area contributed by atoms with Gasteiger partial charge >= 0.3 is 0 Å². The second-order valence-electron chi connectivity index (χ2n) is 5.44. The van der Waals surface area contributed by atoms with Crippen LogP contribution in [0.3, 0.4) is 0 Å². The Morgan fingerprint density at radius 3 is 2.52 bits per heavy atom. The van der Waals surface area contributed by atoms with Gasteiger partial charge in [-0.15, -0.1) is 0 Å². The summed E-state index contributed by atoms with van der Waals surface area (Å²) in [5.74, 6) is 0.196. The molecular formula is C17H19BrN2O. The quantitative estimate of drug-likeness (QED) is 0.909. The third kappa shape index (κ3) is 3.21. The summed E-state index contributed by atoms with van der Waals surface area (Å²) in [6.45, 7) is 2.18. The molecule has 2 aromatic carbocycles. The van der Waals surface area contributed by atoms with Gasteiger partial charge in [-0.05, 0) is 36.8 Å². The minimum absolute atomic E-state index is 0.196. The lowest BCUT2D eigenvalue weighted by atomic mass is 10.1. The van der Waals surface area contributed by atoms with Crippen LogP contribution in [0.5, 0.6) is 0 Å². The number of amides is 1. The number of halogens is 1. The molecule has 0 bridgehead atoms. The molecule has 3 nitrogen and oxygen atoms in total. The van der Waals surface area contributed by atoms with Crippen molar-refractivity contribution < 1.29 is 4.79 Å². The number of fused-ring (bicyclic) bond motifs is 1. The van der Waals surface area contributed by atoms with Crippen molar-refractivity contribution in [3.63, 3.8) is 0 Å². The average Bonchev–Trinajstić information content (AvgIpc) is 2.55. The van der Waals surface area contributed by atoms with Crippen LogP contribution in [0.4, 0.5) is 5.69 Å². The SMILES string of the molecule is O=C(CNc1ccc(Br)c2ccccc12)N1CCCCC1.